The Labute approximate surface area is 178 Å². The molecule has 0 radical (unpaired) electrons. The Bertz CT molecular complexity index is 1450. The SMILES string of the molecule is Cc1nc2ccccc2c(=O)n1N=Cc1cn(-c2ccccc2)nc1-c1ccccc1. The van der Waals surface area contributed by atoms with Crippen LogP contribution in [0.2, 0.25) is 0 Å². The summed E-state index contributed by atoms with van der Waals surface area (Å²) in [6, 6.07) is 27.1. The maximum absolute atomic E-state index is 12.9. The second-order valence-corrected chi connectivity index (χ2v) is 7.12. The smallest absolute Gasteiger partial charge is 0.267 e. The van der Waals surface area contributed by atoms with Gasteiger partial charge in [0, 0.05) is 17.3 Å². The van der Waals surface area contributed by atoms with Crippen LogP contribution < -0.4 is 5.56 Å². The highest BCUT2D eigenvalue weighted by molar-refractivity contribution is 5.89. The van der Waals surface area contributed by atoms with E-state index in [2.05, 4.69) is 10.1 Å². The standard InChI is InChI=1S/C25H19N5O/c1-18-27-23-15-9-8-14-22(23)25(31)30(18)26-16-20-17-29(21-12-6-3-7-13-21)28-24(20)19-10-4-2-5-11-19/h2-17H,1H3. The largest absolute Gasteiger partial charge is 0.282 e. The number of nitrogens with zero attached hydrogens (tertiary/aromatic N) is 5. The minimum atomic E-state index is -0.198. The van der Waals surface area contributed by atoms with Crippen molar-refractivity contribution in [2.75, 3.05) is 0 Å². The molecule has 0 amide bonds. The van der Waals surface area contributed by atoms with E-state index in [1.54, 1.807) is 19.2 Å². The molecule has 0 aliphatic rings. The number of fused-ring (bicyclic) bond motifs is 1. The van der Waals surface area contributed by atoms with Crippen LogP contribution in [-0.4, -0.2) is 25.7 Å². The number of aromatic nitrogens is 4. The lowest BCUT2D eigenvalue weighted by molar-refractivity contribution is 0.771. The predicted molar refractivity (Wildman–Crippen MR) is 123 cm³/mol. The Morgan fingerprint density at radius 3 is 2.32 bits per heavy atom. The molecule has 0 saturated carbocycles. The summed E-state index contributed by atoms with van der Waals surface area (Å²) in [6.45, 7) is 1.77. The molecular formula is C25H19N5O. The van der Waals surface area contributed by atoms with Crippen LogP contribution in [0.3, 0.4) is 0 Å². The molecule has 5 rings (SSSR count). The number of para-hydroxylation sites is 2. The third-order valence-electron chi connectivity index (χ3n) is 5.04. The van der Waals surface area contributed by atoms with Crippen molar-refractivity contribution in [2.24, 2.45) is 5.10 Å². The van der Waals surface area contributed by atoms with E-state index in [1.165, 1.54) is 4.68 Å². The van der Waals surface area contributed by atoms with Crippen LogP contribution >= 0.6 is 0 Å². The summed E-state index contributed by atoms with van der Waals surface area (Å²) in [5.41, 5.74) is 3.97. The van der Waals surface area contributed by atoms with Crippen molar-refractivity contribution in [3.63, 3.8) is 0 Å². The molecule has 3 aromatic carbocycles. The van der Waals surface area contributed by atoms with Gasteiger partial charge in [0.05, 0.1) is 22.8 Å². The van der Waals surface area contributed by atoms with E-state index >= 15 is 0 Å². The van der Waals surface area contributed by atoms with Gasteiger partial charge in [0.2, 0.25) is 0 Å². The minimum Gasteiger partial charge on any atom is -0.267 e. The van der Waals surface area contributed by atoms with E-state index in [-0.39, 0.29) is 5.56 Å². The molecule has 31 heavy (non-hydrogen) atoms. The van der Waals surface area contributed by atoms with E-state index in [1.807, 2.05) is 89.7 Å². The Kier molecular flexibility index (Phi) is 4.72. The first-order chi connectivity index (χ1) is 15.2. The highest BCUT2D eigenvalue weighted by atomic mass is 16.1. The van der Waals surface area contributed by atoms with Crippen molar-refractivity contribution in [2.45, 2.75) is 6.92 Å². The second-order valence-electron chi connectivity index (χ2n) is 7.12. The van der Waals surface area contributed by atoms with Crippen LogP contribution in [0.25, 0.3) is 27.8 Å². The first-order valence-corrected chi connectivity index (χ1v) is 9.94. The first kappa shape index (κ1) is 18.7. The van der Waals surface area contributed by atoms with Crippen LogP contribution in [0.4, 0.5) is 0 Å². The van der Waals surface area contributed by atoms with Crippen molar-refractivity contribution in [1.82, 2.24) is 19.4 Å². The molecule has 0 bridgehead atoms. The maximum Gasteiger partial charge on any atom is 0.282 e. The summed E-state index contributed by atoms with van der Waals surface area (Å²) >= 11 is 0. The number of rotatable bonds is 4. The molecule has 0 aliphatic heterocycles. The van der Waals surface area contributed by atoms with Gasteiger partial charge in [-0.15, -0.1) is 0 Å². The van der Waals surface area contributed by atoms with E-state index in [9.17, 15) is 4.79 Å². The monoisotopic (exact) mass is 405 g/mol. The van der Waals surface area contributed by atoms with Gasteiger partial charge in [-0.3, -0.25) is 4.79 Å². The summed E-state index contributed by atoms with van der Waals surface area (Å²) in [7, 11) is 0. The number of benzene rings is 3. The molecular weight excluding hydrogens is 386 g/mol. The van der Waals surface area contributed by atoms with Crippen LogP contribution in [0.5, 0.6) is 0 Å². The summed E-state index contributed by atoms with van der Waals surface area (Å²) < 4.78 is 3.15. The second kappa shape index (κ2) is 7.84. The van der Waals surface area contributed by atoms with Crippen molar-refractivity contribution in [1.29, 1.82) is 0 Å². The van der Waals surface area contributed by atoms with Gasteiger partial charge >= 0.3 is 0 Å². The van der Waals surface area contributed by atoms with Crippen LogP contribution in [0.1, 0.15) is 11.4 Å². The predicted octanol–water partition coefficient (Wildman–Crippen LogP) is 4.44. The summed E-state index contributed by atoms with van der Waals surface area (Å²) in [5.74, 6) is 0.525. The van der Waals surface area contributed by atoms with Gasteiger partial charge in [-0.1, -0.05) is 60.7 Å². The lowest BCUT2D eigenvalue weighted by Gasteiger charge is -2.05. The lowest BCUT2D eigenvalue weighted by atomic mass is 10.1. The van der Waals surface area contributed by atoms with E-state index < -0.39 is 0 Å². The average Bonchev–Trinajstić information content (AvgIpc) is 3.24. The topological polar surface area (TPSA) is 65.1 Å². The summed E-state index contributed by atoms with van der Waals surface area (Å²) in [6.07, 6.45) is 3.58. The molecule has 0 atom stereocenters. The molecule has 0 N–H and O–H groups in total. The maximum atomic E-state index is 12.9. The molecule has 150 valence electrons. The van der Waals surface area contributed by atoms with Gasteiger partial charge < -0.3 is 0 Å². The average molecular weight is 405 g/mol. The summed E-state index contributed by atoms with van der Waals surface area (Å²) in [4.78, 5) is 17.5. The molecule has 5 aromatic rings. The van der Waals surface area contributed by atoms with Gasteiger partial charge in [0.15, 0.2) is 0 Å². The minimum absolute atomic E-state index is 0.198. The van der Waals surface area contributed by atoms with E-state index in [4.69, 9.17) is 5.10 Å². The van der Waals surface area contributed by atoms with Gasteiger partial charge in [-0.2, -0.15) is 14.9 Å². The molecule has 6 heteroatoms. The van der Waals surface area contributed by atoms with Gasteiger partial charge in [-0.05, 0) is 31.2 Å². The highest BCUT2D eigenvalue weighted by Crippen LogP contribution is 2.22. The summed E-state index contributed by atoms with van der Waals surface area (Å²) in [5, 5.41) is 9.80. The third kappa shape index (κ3) is 3.55. The van der Waals surface area contributed by atoms with Crippen molar-refractivity contribution in [3.05, 3.63) is 113 Å². The molecule has 6 nitrogen and oxygen atoms in total. The molecule has 2 aromatic heterocycles. The zero-order chi connectivity index (χ0) is 21.2. The van der Waals surface area contributed by atoms with Crippen molar-refractivity contribution < 1.29 is 0 Å². The van der Waals surface area contributed by atoms with E-state index in [0.717, 1.165) is 22.5 Å². The van der Waals surface area contributed by atoms with Gasteiger partial charge in [0.1, 0.15) is 11.5 Å². The lowest BCUT2D eigenvalue weighted by Crippen LogP contribution is -2.20. The van der Waals surface area contributed by atoms with Gasteiger partial charge in [0.25, 0.3) is 5.56 Å². The molecule has 2 heterocycles. The van der Waals surface area contributed by atoms with Crippen molar-refractivity contribution >= 4 is 17.1 Å². The Morgan fingerprint density at radius 1 is 0.871 bits per heavy atom. The highest BCUT2D eigenvalue weighted by Gasteiger charge is 2.12. The molecule has 0 saturated heterocycles. The van der Waals surface area contributed by atoms with Crippen LogP contribution in [0.15, 0.2) is 101 Å². The first-order valence-electron chi connectivity index (χ1n) is 9.94. The third-order valence-corrected chi connectivity index (χ3v) is 5.04. The Morgan fingerprint density at radius 2 is 1.55 bits per heavy atom. The number of hydrogen-bond donors (Lipinski definition) is 0. The zero-order valence-electron chi connectivity index (χ0n) is 16.9. The van der Waals surface area contributed by atoms with Crippen molar-refractivity contribution in [3.8, 4) is 16.9 Å². The molecule has 0 aliphatic carbocycles. The molecule has 0 unspecified atom stereocenters. The van der Waals surface area contributed by atoms with E-state index in [0.29, 0.717) is 16.7 Å². The molecule has 0 fully saturated rings. The number of aryl methyl sites for hydroxylation is 1. The van der Waals surface area contributed by atoms with Crippen LogP contribution in [0, 0.1) is 6.92 Å². The fourth-order valence-electron chi connectivity index (χ4n) is 3.51. The fourth-order valence-corrected chi connectivity index (χ4v) is 3.51. The zero-order valence-corrected chi connectivity index (χ0v) is 16.9. The van der Waals surface area contributed by atoms with Crippen LogP contribution in [-0.2, 0) is 0 Å². The van der Waals surface area contributed by atoms with Gasteiger partial charge in [-0.25, -0.2) is 9.67 Å². The Balaban J connectivity index is 1.64. The Hall–Kier alpha value is -4.32. The normalized spacial score (nSPS) is 11.4. The number of hydrogen-bond acceptors (Lipinski definition) is 4. The fraction of sp³-hybridized carbons (Fsp3) is 0.0400. The quantitative estimate of drug-likeness (QED) is 0.415. The molecule has 0 spiro atoms.